The Morgan fingerprint density at radius 3 is 1.90 bits per heavy atom. The summed E-state index contributed by atoms with van der Waals surface area (Å²) in [5.41, 5.74) is 19.6. The van der Waals surface area contributed by atoms with Crippen molar-refractivity contribution in [1.29, 1.82) is 0 Å². The van der Waals surface area contributed by atoms with Gasteiger partial charge in [-0.2, -0.15) is 0 Å². The Balaban J connectivity index is 1.24. The smallest absolute Gasteiger partial charge is 0.221 e. The number of aromatic hydroxyl groups is 1. The van der Waals surface area contributed by atoms with Crippen LogP contribution in [0.1, 0.15) is 190 Å². The number of primary amides is 1. The molecule has 5 N–H and O–H groups in total. The summed E-state index contributed by atoms with van der Waals surface area (Å²) >= 11 is 0. The molecule has 0 aromatic heterocycles. The molecule has 2 aliphatic carbocycles. The number of carbonyl (C=O) groups excluding carboxylic acids is 1. The van der Waals surface area contributed by atoms with Gasteiger partial charge in [0.1, 0.15) is 5.75 Å². The maximum Gasteiger partial charge on any atom is 0.221 e. The standard InChI is InChI=1S/C58H81NO4/c1-4-7-10-17-42-31-44(27-29-60)35-52(34-42)57(46-20-12-9-13-21-46)54-39-47(54)23-15-19-43-32-49(24-14-18-41-25-26-41)56(50(33-43)28-30-61)48(16-6-3)36-45-37-51(22-11-8-5-2)58(63)53(38-45)40-55(59)62/h9,12-13,20-21,31-35,37-38,41,47-48,54,57,60-61,63H,4-8,10-11,14-19,22-30,36,39-40H2,1-3H3,(H2,59,62). The summed E-state index contributed by atoms with van der Waals surface area (Å²) in [6.07, 6.45) is 24.1. The first-order valence-corrected chi connectivity index (χ1v) is 25.4. The molecule has 2 fully saturated rings. The number of nitrogens with two attached hydrogens (primary N) is 1. The molecule has 1 amide bonds. The third-order valence-corrected chi connectivity index (χ3v) is 14.3. The van der Waals surface area contributed by atoms with Crippen molar-refractivity contribution < 1.29 is 20.1 Å². The molecule has 5 heteroatoms. The van der Waals surface area contributed by atoms with Gasteiger partial charge < -0.3 is 21.1 Å². The van der Waals surface area contributed by atoms with Crippen LogP contribution in [0.2, 0.25) is 0 Å². The summed E-state index contributed by atoms with van der Waals surface area (Å²) in [4.78, 5) is 12.1. The molecule has 4 aromatic rings. The third-order valence-electron chi connectivity index (χ3n) is 14.3. The normalized spacial score (nSPS) is 16.9. The fourth-order valence-corrected chi connectivity index (χ4v) is 10.9. The molecular formula is C58H81NO4. The van der Waals surface area contributed by atoms with E-state index in [-0.39, 0.29) is 31.3 Å². The minimum Gasteiger partial charge on any atom is -0.507 e. The molecule has 4 aromatic carbocycles. The summed E-state index contributed by atoms with van der Waals surface area (Å²) in [5, 5.41) is 31.7. The number of hydrogen-bond donors (Lipinski definition) is 4. The van der Waals surface area contributed by atoms with Gasteiger partial charge >= 0.3 is 0 Å². The van der Waals surface area contributed by atoms with E-state index in [9.17, 15) is 20.1 Å². The molecule has 4 unspecified atom stereocenters. The van der Waals surface area contributed by atoms with Crippen LogP contribution in [-0.2, 0) is 56.2 Å². The number of aryl methyl sites for hydroxylation is 4. The van der Waals surface area contributed by atoms with E-state index in [0.29, 0.717) is 36.2 Å². The second-order valence-corrected chi connectivity index (χ2v) is 19.6. The molecule has 0 spiro atoms. The highest BCUT2D eigenvalue weighted by Crippen LogP contribution is 2.54. The van der Waals surface area contributed by atoms with Crippen LogP contribution < -0.4 is 5.73 Å². The van der Waals surface area contributed by atoms with Gasteiger partial charge in [0.15, 0.2) is 0 Å². The van der Waals surface area contributed by atoms with E-state index in [0.717, 1.165) is 87.7 Å². The Labute approximate surface area is 381 Å². The molecular weight excluding hydrogens is 775 g/mol. The lowest BCUT2D eigenvalue weighted by molar-refractivity contribution is -0.117. The summed E-state index contributed by atoms with van der Waals surface area (Å²) < 4.78 is 0. The van der Waals surface area contributed by atoms with Crippen LogP contribution in [0.25, 0.3) is 0 Å². The van der Waals surface area contributed by atoms with Crippen molar-refractivity contribution in [1.82, 2.24) is 0 Å². The lowest BCUT2D eigenvalue weighted by Gasteiger charge is -2.26. The predicted octanol–water partition coefficient (Wildman–Crippen LogP) is 12.6. The van der Waals surface area contributed by atoms with Crippen molar-refractivity contribution >= 4 is 5.91 Å². The number of hydrogen-bond acceptors (Lipinski definition) is 4. The molecule has 0 aliphatic heterocycles. The average Bonchev–Trinajstić information content (AvgIpc) is 4.21. The van der Waals surface area contributed by atoms with Crippen molar-refractivity contribution in [3.8, 4) is 5.75 Å². The summed E-state index contributed by atoms with van der Waals surface area (Å²) in [6.45, 7) is 7.05. The molecule has 63 heavy (non-hydrogen) atoms. The van der Waals surface area contributed by atoms with Gasteiger partial charge in [0, 0.05) is 24.7 Å². The first-order chi connectivity index (χ1) is 30.7. The van der Waals surface area contributed by atoms with Crippen molar-refractivity contribution in [2.45, 2.75) is 180 Å². The third kappa shape index (κ3) is 14.5. The predicted molar refractivity (Wildman–Crippen MR) is 262 cm³/mol. The first kappa shape index (κ1) is 48.5. The second kappa shape index (κ2) is 24.9. The number of amides is 1. The Hall–Kier alpha value is -3.93. The Morgan fingerprint density at radius 2 is 1.24 bits per heavy atom. The molecule has 0 bridgehead atoms. The monoisotopic (exact) mass is 856 g/mol. The lowest BCUT2D eigenvalue weighted by Crippen LogP contribution is -2.15. The number of phenolic OH excluding ortho intramolecular Hbond substituents is 1. The number of phenols is 1. The van der Waals surface area contributed by atoms with Gasteiger partial charge in [0.05, 0.1) is 6.42 Å². The minimum atomic E-state index is -0.421. The van der Waals surface area contributed by atoms with E-state index in [1.165, 1.54) is 102 Å². The van der Waals surface area contributed by atoms with E-state index in [2.05, 4.69) is 87.5 Å². The zero-order valence-electron chi connectivity index (χ0n) is 39.3. The van der Waals surface area contributed by atoms with Crippen LogP contribution in [0.3, 0.4) is 0 Å². The fourth-order valence-electron chi connectivity index (χ4n) is 10.9. The maximum absolute atomic E-state index is 12.1. The van der Waals surface area contributed by atoms with Crippen molar-refractivity contribution in [3.63, 3.8) is 0 Å². The fraction of sp³-hybridized carbons (Fsp3) is 0.569. The SMILES string of the molecule is CCCCCc1cc(CCO)cc(C(c2ccccc2)C2CC2CCCc2cc(CCO)c(C(CCC)Cc3cc(CCCCC)c(O)c(CC(N)=O)c3)c(CCCC3CC3)c2)c1. The molecule has 5 nitrogen and oxygen atoms in total. The summed E-state index contributed by atoms with van der Waals surface area (Å²) in [7, 11) is 0. The van der Waals surface area contributed by atoms with E-state index < -0.39 is 5.91 Å². The van der Waals surface area contributed by atoms with Crippen LogP contribution in [-0.4, -0.2) is 34.4 Å². The van der Waals surface area contributed by atoms with E-state index >= 15 is 0 Å². The van der Waals surface area contributed by atoms with Crippen molar-refractivity contribution in [2.24, 2.45) is 23.5 Å². The average molecular weight is 856 g/mol. The molecule has 2 saturated carbocycles. The van der Waals surface area contributed by atoms with Gasteiger partial charge in [-0.25, -0.2) is 0 Å². The number of aliphatic hydroxyl groups excluding tert-OH is 2. The number of aliphatic hydroxyl groups is 2. The Bertz CT molecular complexity index is 2020. The zero-order valence-corrected chi connectivity index (χ0v) is 39.3. The summed E-state index contributed by atoms with van der Waals surface area (Å²) in [6, 6.07) is 27.6. The van der Waals surface area contributed by atoms with E-state index in [1.807, 2.05) is 6.07 Å². The molecule has 2 aliphatic rings. The highest BCUT2D eigenvalue weighted by molar-refractivity contribution is 5.77. The van der Waals surface area contributed by atoms with Crippen molar-refractivity contribution in [3.05, 3.63) is 134 Å². The maximum atomic E-state index is 12.1. The molecule has 0 heterocycles. The van der Waals surface area contributed by atoms with Crippen LogP contribution in [0.15, 0.2) is 72.8 Å². The van der Waals surface area contributed by atoms with E-state index in [4.69, 9.17) is 5.73 Å². The van der Waals surface area contributed by atoms with Gasteiger partial charge in [-0.05, 0) is 169 Å². The van der Waals surface area contributed by atoms with Gasteiger partial charge in [0.2, 0.25) is 5.91 Å². The Morgan fingerprint density at radius 1 is 0.635 bits per heavy atom. The number of carbonyl (C=O) groups is 1. The highest BCUT2D eigenvalue weighted by atomic mass is 16.3. The van der Waals surface area contributed by atoms with Crippen LogP contribution in [0.5, 0.6) is 5.75 Å². The van der Waals surface area contributed by atoms with Gasteiger partial charge in [-0.15, -0.1) is 0 Å². The molecule has 0 radical (unpaired) electrons. The number of unbranched alkanes of at least 4 members (excludes halogenated alkanes) is 4. The lowest BCUT2D eigenvalue weighted by atomic mass is 9.79. The molecule has 4 atom stereocenters. The number of benzene rings is 4. The number of rotatable bonds is 30. The quantitative estimate of drug-likeness (QED) is 0.0392. The van der Waals surface area contributed by atoms with Crippen LogP contribution in [0, 0.1) is 17.8 Å². The molecule has 6 rings (SSSR count). The first-order valence-electron chi connectivity index (χ1n) is 25.4. The van der Waals surface area contributed by atoms with Crippen LogP contribution in [0.4, 0.5) is 0 Å². The highest BCUT2D eigenvalue weighted by Gasteiger charge is 2.43. The van der Waals surface area contributed by atoms with E-state index in [1.54, 1.807) is 0 Å². The second-order valence-electron chi connectivity index (χ2n) is 19.6. The topological polar surface area (TPSA) is 104 Å². The minimum absolute atomic E-state index is 0.0438. The largest absolute Gasteiger partial charge is 0.507 e. The summed E-state index contributed by atoms with van der Waals surface area (Å²) in [5.74, 6) is 2.67. The van der Waals surface area contributed by atoms with Gasteiger partial charge in [-0.3, -0.25) is 4.79 Å². The van der Waals surface area contributed by atoms with Gasteiger partial charge in [-0.1, -0.05) is 145 Å². The Kier molecular flexibility index (Phi) is 19.2. The molecule has 342 valence electrons. The van der Waals surface area contributed by atoms with Gasteiger partial charge in [0.25, 0.3) is 0 Å². The van der Waals surface area contributed by atoms with Crippen molar-refractivity contribution in [2.75, 3.05) is 13.2 Å². The zero-order chi connectivity index (χ0) is 44.6. The van der Waals surface area contributed by atoms with Crippen LogP contribution >= 0.6 is 0 Å². The molecule has 0 saturated heterocycles.